The highest BCUT2D eigenvalue weighted by Crippen LogP contribution is 2.52. The van der Waals surface area contributed by atoms with Crippen LogP contribution in [0.25, 0.3) is 32.7 Å². The minimum Gasteiger partial charge on any atom is -0.426 e. The molecule has 3 heteroatoms. The van der Waals surface area contributed by atoms with Gasteiger partial charge < -0.3 is 9.47 Å². The molecule has 0 bridgehead atoms. The van der Waals surface area contributed by atoms with Crippen LogP contribution in [0.1, 0.15) is 46.5 Å². The fourth-order valence-electron chi connectivity index (χ4n) is 5.28. The third kappa shape index (κ3) is 3.74. The van der Waals surface area contributed by atoms with Gasteiger partial charge in [-0.15, -0.1) is 0 Å². The molecule has 0 aromatic heterocycles. The van der Waals surface area contributed by atoms with Crippen molar-refractivity contribution in [2.75, 3.05) is 0 Å². The Labute approximate surface area is 195 Å². The molecule has 0 atom stereocenters. The zero-order valence-corrected chi connectivity index (χ0v) is 19.6. The monoisotopic (exact) mass is 442 g/mol. The quantitative estimate of drug-likeness (QED) is 0.293. The van der Waals surface area contributed by atoms with Crippen LogP contribution in [0.5, 0.6) is 11.5 Å². The summed E-state index contributed by atoms with van der Waals surface area (Å²) >= 11 is 0. The summed E-state index contributed by atoms with van der Waals surface area (Å²) in [7, 11) is 0. The number of benzene rings is 4. The van der Waals surface area contributed by atoms with Crippen LogP contribution in [0.3, 0.4) is 0 Å². The molecule has 0 saturated heterocycles. The predicted octanol–water partition coefficient (Wildman–Crippen LogP) is 8.91. The Bertz CT molecular complexity index is 1200. The molecule has 1 saturated carbocycles. The van der Waals surface area contributed by atoms with E-state index in [2.05, 4.69) is 31.2 Å². The molecule has 0 spiro atoms. The SMILES string of the molecule is CC.CC1CCC(C2(F)Oc3ccc4ccccc4c3-c3c(ccc4ccccc34)O2)CC1. The van der Waals surface area contributed by atoms with Crippen molar-refractivity contribution in [1.82, 2.24) is 0 Å². The highest BCUT2D eigenvalue weighted by Gasteiger charge is 2.48. The van der Waals surface area contributed by atoms with Crippen molar-refractivity contribution in [3.8, 4) is 22.6 Å². The second-order valence-electron chi connectivity index (χ2n) is 9.06. The van der Waals surface area contributed by atoms with Crippen molar-refractivity contribution in [1.29, 1.82) is 0 Å². The summed E-state index contributed by atoms with van der Waals surface area (Å²) in [4.78, 5) is 0. The molecule has 1 fully saturated rings. The minimum atomic E-state index is -2.18. The number of alkyl halides is 1. The van der Waals surface area contributed by atoms with Gasteiger partial charge in [-0.2, -0.15) is 4.39 Å². The first-order valence-electron chi connectivity index (χ1n) is 12.2. The van der Waals surface area contributed by atoms with E-state index in [4.69, 9.17) is 9.47 Å². The van der Waals surface area contributed by atoms with Crippen LogP contribution >= 0.6 is 0 Å². The van der Waals surface area contributed by atoms with E-state index in [-0.39, 0.29) is 5.92 Å². The summed E-state index contributed by atoms with van der Waals surface area (Å²) in [5.74, 6) is 1.43. The lowest BCUT2D eigenvalue weighted by molar-refractivity contribution is -0.257. The number of ether oxygens (including phenoxy) is 2. The topological polar surface area (TPSA) is 18.5 Å². The van der Waals surface area contributed by atoms with Crippen LogP contribution in [-0.2, 0) is 0 Å². The molecule has 0 radical (unpaired) electrons. The van der Waals surface area contributed by atoms with Gasteiger partial charge in [0, 0.05) is 11.1 Å². The Morgan fingerprint density at radius 2 is 1.12 bits per heavy atom. The first kappa shape index (κ1) is 21.8. The van der Waals surface area contributed by atoms with Crippen LogP contribution in [0.15, 0.2) is 72.8 Å². The standard InChI is InChI=1S/C28H25FO2.C2H6/c1-18-10-14-21(15-11-18)28(29)30-24-16-12-19-6-2-4-8-22(19)26(24)27-23-9-5-3-7-20(23)13-17-25(27)31-28;1-2/h2-9,12-13,16-18,21H,10-11,14-15H2,1H3;1-2H3. The second-order valence-corrected chi connectivity index (χ2v) is 9.06. The molecule has 6 rings (SSSR count). The Hall–Kier alpha value is -3.07. The van der Waals surface area contributed by atoms with Gasteiger partial charge in [-0.1, -0.05) is 94.3 Å². The summed E-state index contributed by atoms with van der Waals surface area (Å²) in [5, 5.41) is 4.29. The van der Waals surface area contributed by atoms with Crippen molar-refractivity contribution in [3.05, 3.63) is 72.8 Å². The maximum Gasteiger partial charge on any atom is 0.410 e. The van der Waals surface area contributed by atoms with Crippen LogP contribution < -0.4 is 9.47 Å². The molecule has 0 amide bonds. The average molecular weight is 443 g/mol. The highest BCUT2D eigenvalue weighted by molar-refractivity contribution is 6.09. The van der Waals surface area contributed by atoms with E-state index in [1.807, 2.05) is 62.4 Å². The van der Waals surface area contributed by atoms with Gasteiger partial charge in [0.05, 0.1) is 5.92 Å². The molecule has 2 aliphatic rings. The summed E-state index contributed by atoms with van der Waals surface area (Å²) in [6.45, 7) is 6.23. The average Bonchev–Trinajstić information content (AvgIpc) is 3.00. The minimum absolute atomic E-state index is 0.291. The van der Waals surface area contributed by atoms with E-state index in [0.29, 0.717) is 17.4 Å². The summed E-state index contributed by atoms with van der Waals surface area (Å²) in [6, 6.07) is 22.0. The van der Waals surface area contributed by atoms with Gasteiger partial charge in [0.1, 0.15) is 11.5 Å². The van der Waals surface area contributed by atoms with Crippen molar-refractivity contribution in [2.24, 2.45) is 11.8 Å². The van der Waals surface area contributed by atoms with E-state index < -0.39 is 6.04 Å². The summed E-state index contributed by atoms with van der Waals surface area (Å²) in [5.41, 5.74) is 1.82. The van der Waals surface area contributed by atoms with E-state index in [1.54, 1.807) is 0 Å². The maximum atomic E-state index is 16.6. The van der Waals surface area contributed by atoms with E-state index in [0.717, 1.165) is 58.4 Å². The van der Waals surface area contributed by atoms with Gasteiger partial charge in [-0.3, -0.25) is 0 Å². The number of rotatable bonds is 1. The Kier molecular flexibility index (Phi) is 5.74. The highest BCUT2D eigenvalue weighted by atomic mass is 19.2. The van der Waals surface area contributed by atoms with Crippen LogP contribution in [0.4, 0.5) is 4.39 Å². The zero-order chi connectivity index (χ0) is 23.0. The number of halogens is 1. The summed E-state index contributed by atoms with van der Waals surface area (Å²) in [6.07, 6.45) is 3.53. The first-order chi connectivity index (χ1) is 16.1. The maximum absolute atomic E-state index is 16.6. The molecule has 0 N–H and O–H groups in total. The summed E-state index contributed by atoms with van der Waals surface area (Å²) < 4.78 is 28.9. The van der Waals surface area contributed by atoms with Crippen LogP contribution in [0, 0.1) is 11.8 Å². The van der Waals surface area contributed by atoms with Gasteiger partial charge >= 0.3 is 6.04 Å². The lowest BCUT2D eigenvalue weighted by Gasteiger charge is -2.36. The first-order valence-corrected chi connectivity index (χ1v) is 12.2. The van der Waals surface area contributed by atoms with Crippen LogP contribution in [-0.4, -0.2) is 6.04 Å². The van der Waals surface area contributed by atoms with Crippen LogP contribution in [0.2, 0.25) is 0 Å². The largest absolute Gasteiger partial charge is 0.426 e. The van der Waals surface area contributed by atoms with E-state index >= 15 is 4.39 Å². The van der Waals surface area contributed by atoms with Crippen molar-refractivity contribution in [2.45, 2.75) is 52.5 Å². The molecule has 4 aromatic carbocycles. The smallest absolute Gasteiger partial charge is 0.410 e. The Morgan fingerprint density at radius 3 is 1.61 bits per heavy atom. The number of fused-ring (bicyclic) bond motifs is 7. The Morgan fingerprint density at radius 1 is 0.667 bits per heavy atom. The number of hydrogen-bond donors (Lipinski definition) is 0. The zero-order valence-electron chi connectivity index (χ0n) is 19.6. The van der Waals surface area contributed by atoms with Gasteiger partial charge in [-0.25, -0.2) is 0 Å². The van der Waals surface area contributed by atoms with E-state index in [1.165, 1.54) is 0 Å². The molecule has 2 nitrogen and oxygen atoms in total. The van der Waals surface area contributed by atoms with Gasteiger partial charge in [0.25, 0.3) is 0 Å². The molecule has 0 unspecified atom stereocenters. The fraction of sp³-hybridized carbons (Fsp3) is 0.333. The third-order valence-electron chi connectivity index (χ3n) is 7.03. The molecule has 1 aliphatic carbocycles. The normalized spacial score (nSPS) is 21.0. The van der Waals surface area contributed by atoms with Crippen molar-refractivity contribution in [3.63, 3.8) is 0 Å². The van der Waals surface area contributed by atoms with Crippen molar-refractivity contribution < 1.29 is 13.9 Å². The molecule has 33 heavy (non-hydrogen) atoms. The molecule has 1 heterocycles. The Balaban J connectivity index is 0.00000111. The van der Waals surface area contributed by atoms with E-state index in [9.17, 15) is 0 Å². The fourth-order valence-corrected chi connectivity index (χ4v) is 5.28. The lowest BCUT2D eigenvalue weighted by atomic mass is 9.82. The molecule has 4 aromatic rings. The second kappa shape index (κ2) is 8.70. The third-order valence-corrected chi connectivity index (χ3v) is 7.03. The molecule has 1 aliphatic heterocycles. The predicted molar refractivity (Wildman–Crippen MR) is 134 cm³/mol. The van der Waals surface area contributed by atoms with Gasteiger partial charge in [-0.05, 0) is 52.4 Å². The lowest BCUT2D eigenvalue weighted by Crippen LogP contribution is -2.46. The molecular weight excluding hydrogens is 411 g/mol. The number of hydrogen-bond acceptors (Lipinski definition) is 2. The van der Waals surface area contributed by atoms with Crippen molar-refractivity contribution >= 4 is 21.5 Å². The van der Waals surface area contributed by atoms with Gasteiger partial charge in [0.15, 0.2) is 0 Å². The van der Waals surface area contributed by atoms with Gasteiger partial charge in [0.2, 0.25) is 0 Å². The molecule has 170 valence electrons. The molecular formula is C30H31FO2.